The number of fused-ring (bicyclic) bond motifs is 1. The third kappa shape index (κ3) is 3.90. The van der Waals surface area contributed by atoms with Crippen molar-refractivity contribution in [3.8, 4) is 23.0 Å². The van der Waals surface area contributed by atoms with Gasteiger partial charge in [-0.25, -0.2) is 9.97 Å². The van der Waals surface area contributed by atoms with Gasteiger partial charge in [-0.1, -0.05) is 12.1 Å². The zero-order valence-corrected chi connectivity index (χ0v) is 18.8. The minimum atomic E-state index is -0.290. The number of ketones is 1. The molecule has 4 rings (SSSR count). The van der Waals surface area contributed by atoms with Gasteiger partial charge in [-0.05, 0) is 35.7 Å². The van der Waals surface area contributed by atoms with Crippen molar-refractivity contribution < 1.29 is 23.7 Å². The van der Waals surface area contributed by atoms with Crippen LogP contribution in [0.1, 0.15) is 16.1 Å². The van der Waals surface area contributed by atoms with Crippen LogP contribution in [-0.4, -0.2) is 44.2 Å². The maximum atomic E-state index is 13.5. The summed E-state index contributed by atoms with van der Waals surface area (Å²) in [5, 5.41) is 5.02. The number of nitrogens with one attached hydrogen (secondary N) is 1. The average Bonchev–Trinajstić information content (AvgIpc) is 3.31. The van der Waals surface area contributed by atoms with Gasteiger partial charge in [0.15, 0.2) is 11.5 Å². The lowest BCUT2D eigenvalue weighted by atomic mass is 10.1. The van der Waals surface area contributed by atoms with E-state index in [0.29, 0.717) is 44.5 Å². The third-order valence-corrected chi connectivity index (χ3v) is 5.71. The molecule has 0 amide bonds. The van der Waals surface area contributed by atoms with Crippen LogP contribution in [0, 0.1) is 0 Å². The van der Waals surface area contributed by atoms with E-state index >= 15 is 0 Å². The van der Waals surface area contributed by atoms with Crippen LogP contribution in [0.5, 0.6) is 23.0 Å². The summed E-state index contributed by atoms with van der Waals surface area (Å²) < 4.78 is 22.2. The van der Waals surface area contributed by atoms with Gasteiger partial charge in [0.2, 0.25) is 17.5 Å². The predicted molar refractivity (Wildman–Crippen MR) is 123 cm³/mol. The van der Waals surface area contributed by atoms with E-state index in [9.17, 15) is 4.79 Å². The molecule has 1 N–H and O–H groups in total. The average molecular weight is 452 g/mol. The van der Waals surface area contributed by atoms with E-state index in [1.165, 1.54) is 32.7 Å². The Kier molecular flexibility index (Phi) is 6.09. The smallest absolute Gasteiger partial charge is 0.228 e. The van der Waals surface area contributed by atoms with E-state index in [1.54, 1.807) is 19.2 Å². The van der Waals surface area contributed by atoms with Crippen molar-refractivity contribution >= 4 is 39.0 Å². The largest absolute Gasteiger partial charge is 0.495 e. The second-order valence-corrected chi connectivity index (χ2v) is 7.52. The number of ether oxygens (including phenoxy) is 4. The number of rotatable bonds is 8. The molecule has 0 saturated carbocycles. The second-order valence-electron chi connectivity index (χ2n) is 6.60. The number of nitrogens with zero attached hydrogens (tertiary/aromatic N) is 2. The first kappa shape index (κ1) is 21.4. The molecule has 0 bridgehead atoms. The Morgan fingerprint density at radius 1 is 0.875 bits per heavy atom. The van der Waals surface area contributed by atoms with Gasteiger partial charge >= 0.3 is 0 Å². The highest BCUT2D eigenvalue weighted by Gasteiger charge is 2.22. The Hall–Kier alpha value is -3.85. The molecule has 0 fully saturated rings. The number of hydrogen-bond acceptors (Lipinski definition) is 9. The fourth-order valence-corrected chi connectivity index (χ4v) is 4.11. The van der Waals surface area contributed by atoms with Crippen LogP contribution >= 0.6 is 11.3 Å². The summed E-state index contributed by atoms with van der Waals surface area (Å²) in [5.41, 5.74) is 1.99. The number of benzene rings is 2. The highest BCUT2D eigenvalue weighted by molar-refractivity contribution is 7.17. The molecule has 2 aromatic heterocycles. The molecule has 2 heterocycles. The van der Waals surface area contributed by atoms with Crippen molar-refractivity contribution in [1.82, 2.24) is 9.97 Å². The number of para-hydroxylation sites is 2. The SMILES string of the molecule is COc1ccccc1Nc1nc(C(=O)c2cc(OC)c(OC)c(OC)c2)c2sccc2n1. The van der Waals surface area contributed by atoms with Crippen LogP contribution < -0.4 is 24.3 Å². The monoisotopic (exact) mass is 451 g/mol. The summed E-state index contributed by atoms with van der Waals surface area (Å²) in [6.07, 6.45) is 0. The Balaban J connectivity index is 1.81. The van der Waals surface area contributed by atoms with E-state index in [2.05, 4.69) is 15.3 Å². The lowest BCUT2D eigenvalue weighted by Gasteiger charge is -2.14. The Labute approximate surface area is 188 Å². The van der Waals surface area contributed by atoms with Crippen LogP contribution in [0.25, 0.3) is 10.2 Å². The van der Waals surface area contributed by atoms with Gasteiger partial charge in [-0.3, -0.25) is 4.79 Å². The molecule has 0 atom stereocenters. The molecule has 0 unspecified atom stereocenters. The highest BCUT2D eigenvalue weighted by Crippen LogP contribution is 2.39. The zero-order valence-electron chi connectivity index (χ0n) is 18.0. The van der Waals surface area contributed by atoms with Crippen molar-refractivity contribution in [2.75, 3.05) is 33.8 Å². The van der Waals surface area contributed by atoms with Crippen molar-refractivity contribution in [1.29, 1.82) is 0 Å². The van der Waals surface area contributed by atoms with Gasteiger partial charge in [0.25, 0.3) is 0 Å². The standard InChI is InChI=1S/C23H21N3O5S/c1-28-16-8-6-5-7-14(16)24-23-25-15-9-10-32-22(15)19(26-23)20(27)13-11-17(29-2)21(31-4)18(12-13)30-3/h5-12H,1-4H3,(H,24,25,26). The van der Waals surface area contributed by atoms with Crippen LogP contribution in [0.2, 0.25) is 0 Å². The van der Waals surface area contributed by atoms with Crippen LogP contribution in [0.3, 0.4) is 0 Å². The molecular weight excluding hydrogens is 430 g/mol. The Bertz CT molecular complexity index is 1260. The fraction of sp³-hybridized carbons (Fsp3) is 0.174. The highest BCUT2D eigenvalue weighted by atomic mass is 32.1. The van der Waals surface area contributed by atoms with Crippen LogP contribution in [0.15, 0.2) is 47.8 Å². The first-order valence-electron chi connectivity index (χ1n) is 9.59. The first-order valence-corrected chi connectivity index (χ1v) is 10.5. The molecule has 2 aromatic carbocycles. The van der Waals surface area contributed by atoms with E-state index in [0.717, 1.165) is 0 Å². The summed E-state index contributed by atoms with van der Waals surface area (Å²) >= 11 is 1.40. The summed E-state index contributed by atoms with van der Waals surface area (Å²) in [6.45, 7) is 0. The van der Waals surface area contributed by atoms with Gasteiger partial charge in [0.1, 0.15) is 11.4 Å². The Morgan fingerprint density at radius 3 is 2.22 bits per heavy atom. The van der Waals surface area contributed by atoms with Crippen molar-refractivity contribution in [3.63, 3.8) is 0 Å². The molecule has 164 valence electrons. The number of hydrogen-bond donors (Lipinski definition) is 1. The number of anilines is 2. The van der Waals surface area contributed by atoms with Gasteiger partial charge < -0.3 is 24.3 Å². The number of carbonyl (C=O) groups is 1. The molecule has 8 nitrogen and oxygen atoms in total. The second kappa shape index (κ2) is 9.11. The van der Waals surface area contributed by atoms with Gasteiger partial charge in [-0.15, -0.1) is 11.3 Å². The topological polar surface area (TPSA) is 91.8 Å². The quantitative estimate of drug-likeness (QED) is 0.386. The van der Waals surface area contributed by atoms with Gasteiger partial charge in [-0.2, -0.15) is 0 Å². The van der Waals surface area contributed by atoms with Crippen LogP contribution in [0.4, 0.5) is 11.6 Å². The van der Waals surface area contributed by atoms with E-state index in [1.807, 2.05) is 35.7 Å². The number of carbonyl (C=O) groups excluding carboxylic acids is 1. The summed E-state index contributed by atoms with van der Waals surface area (Å²) in [5.74, 6) is 1.82. The number of aromatic nitrogens is 2. The van der Waals surface area contributed by atoms with Crippen LogP contribution in [-0.2, 0) is 0 Å². The third-order valence-electron chi connectivity index (χ3n) is 4.80. The maximum absolute atomic E-state index is 13.5. The van der Waals surface area contributed by atoms with Gasteiger partial charge in [0, 0.05) is 5.56 Å². The van der Waals surface area contributed by atoms with E-state index < -0.39 is 0 Å². The lowest BCUT2D eigenvalue weighted by Crippen LogP contribution is -2.09. The van der Waals surface area contributed by atoms with Crippen molar-refractivity contribution in [3.05, 3.63) is 59.1 Å². The summed E-state index contributed by atoms with van der Waals surface area (Å²) in [6, 6.07) is 12.5. The zero-order chi connectivity index (χ0) is 22.7. The predicted octanol–water partition coefficient (Wildman–Crippen LogP) is 4.70. The maximum Gasteiger partial charge on any atom is 0.228 e. The summed E-state index contributed by atoms with van der Waals surface area (Å²) in [4.78, 5) is 22.6. The molecule has 0 saturated heterocycles. The number of methoxy groups -OCH3 is 4. The minimum Gasteiger partial charge on any atom is -0.495 e. The molecule has 0 radical (unpaired) electrons. The fourth-order valence-electron chi connectivity index (χ4n) is 3.29. The first-order chi connectivity index (χ1) is 15.6. The molecule has 0 aliphatic heterocycles. The molecule has 0 aliphatic rings. The van der Waals surface area contributed by atoms with E-state index in [4.69, 9.17) is 18.9 Å². The number of thiophene rings is 1. The normalized spacial score (nSPS) is 10.6. The molecule has 4 aromatic rings. The minimum absolute atomic E-state index is 0.275. The molecule has 0 aliphatic carbocycles. The van der Waals surface area contributed by atoms with Gasteiger partial charge in [0.05, 0.1) is 44.3 Å². The molecule has 32 heavy (non-hydrogen) atoms. The van der Waals surface area contributed by atoms with Crippen molar-refractivity contribution in [2.24, 2.45) is 0 Å². The summed E-state index contributed by atoms with van der Waals surface area (Å²) in [7, 11) is 6.10. The lowest BCUT2D eigenvalue weighted by molar-refractivity contribution is 0.103. The Morgan fingerprint density at radius 2 is 1.56 bits per heavy atom. The molecule has 9 heteroatoms. The molecular formula is C23H21N3O5S. The van der Waals surface area contributed by atoms with E-state index in [-0.39, 0.29) is 17.4 Å². The molecule has 0 spiro atoms. The van der Waals surface area contributed by atoms with Crippen molar-refractivity contribution in [2.45, 2.75) is 0 Å².